The smallest absolute Gasteiger partial charge is 0.277 e. The minimum absolute atomic E-state index is 0.0894. The van der Waals surface area contributed by atoms with Crippen molar-refractivity contribution in [1.82, 2.24) is 9.88 Å². The number of benzene rings is 2. The summed E-state index contributed by atoms with van der Waals surface area (Å²) in [6.45, 7) is 2.36. The average molecular weight is 399 g/mol. The Balaban J connectivity index is 1.72. The van der Waals surface area contributed by atoms with Crippen LogP contribution in [0.3, 0.4) is 0 Å². The number of unbranched alkanes of at least 4 members (excludes halogenated alkanes) is 1. The first-order valence-electron chi connectivity index (χ1n) is 8.93. The summed E-state index contributed by atoms with van der Waals surface area (Å²) in [4.78, 5) is 12.5. The van der Waals surface area contributed by atoms with Crippen molar-refractivity contribution in [2.45, 2.75) is 24.7 Å². The van der Waals surface area contributed by atoms with E-state index < -0.39 is 15.9 Å². The normalized spacial score (nSPS) is 11.3. The first-order chi connectivity index (χ1) is 13.5. The van der Waals surface area contributed by atoms with Crippen molar-refractivity contribution >= 4 is 21.6 Å². The minimum Gasteiger partial charge on any atom is -0.355 e. The van der Waals surface area contributed by atoms with E-state index in [1.54, 1.807) is 12.1 Å². The van der Waals surface area contributed by atoms with Gasteiger partial charge in [0.2, 0.25) is 10.0 Å². The highest BCUT2D eigenvalue weighted by Gasteiger charge is 2.17. The van der Waals surface area contributed by atoms with Gasteiger partial charge >= 0.3 is 0 Å². The number of amides is 1. The van der Waals surface area contributed by atoms with Crippen LogP contribution in [0, 0.1) is 0 Å². The Morgan fingerprint density at radius 1 is 1.07 bits per heavy atom. The molecular formula is C20H21N3O4S. The van der Waals surface area contributed by atoms with E-state index in [1.807, 2.05) is 37.3 Å². The number of rotatable bonds is 8. The highest BCUT2D eigenvalue weighted by Crippen LogP contribution is 2.21. The second-order valence-electron chi connectivity index (χ2n) is 6.18. The number of carbonyl (C=O) groups excluding carboxylic acids is 1. The molecule has 3 aromatic rings. The van der Waals surface area contributed by atoms with Gasteiger partial charge in [-0.15, -0.1) is 0 Å². The van der Waals surface area contributed by atoms with Gasteiger partial charge in [0.15, 0.2) is 11.5 Å². The highest BCUT2D eigenvalue weighted by atomic mass is 32.2. The molecule has 0 saturated carbocycles. The Morgan fingerprint density at radius 3 is 2.61 bits per heavy atom. The topological polar surface area (TPSA) is 101 Å². The summed E-state index contributed by atoms with van der Waals surface area (Å²) in [6.07, 6.45) is 1.65. The minimum atomic E-state index is -3.62. The molecule has 0 spiro atoms. The van der Waals surface area contributed by atoms with Crippen molar-refractivity contribution < 1.29 is 17.7 Å². The summed E-state index contributed by atoms with van der Waals surface area (Å²) in [7, 11) is -3.62. The molecule has 0 unspecified atom stereocenters. The van der Waals surface area contributed by atoms with Crippen molar-refractivity contribution in [2.24, 2.45) is 0 Å². The molecule has 1 amide bonds. The van der Waals surface area contributed by atoms with E-state index in [4.69, 9.17) is 4.52 Å². The lowest BCUT2D eigenvalue weighted by molar-refractivity contribution is 0.101. The number of nitrogens with zero attached hydrogens (tertiary/aromatic N) is 1. The Labute approximate surface area is 163 Å². The molecule has 1 heterocycles. The Morgan fingerprint density at radius 2 is 1.86 bits per heavy atom. The fourth-order valence-electron chi connectivity index (χ4n) is 2.52. The van der Waals surface area contributed by atoms with Crippen LogP contribution < -0.4 is 10.0 Å². The van der Waals surface area contributed by atoms with Crippen LogP contribution in [0.15, 0.2) is 70.1 Å². The molecule has 28 heavy (non-hydrogen) atoms. The lowest BCUT2D eigenvalue weighted by Gasteiger charge is -2.08. The lowest BCUT2D eigenvalue weighted by Crippen LogP contribution is -2.24. The SMILES string of the molecule is CCCCNS(=O)(=O)c1cccc(NC(=O)c2cc(-c3ccccc3)on2)c1. The van der Waals surface area contributed by atoms with Gasteiger partial charge in [-0.3, -0.25) is 4.79 Å². The van der Waals surface area contributed by atoms with Crippen LogP contribution in [0.1, 0.15) is 30.3 Å². The molecule has 0 aliphatic rings. The van der Waals surface area contributed by atoms with Crippen molar-refractivity contribution in [2.75, 3.05) is 11.9 Å². The predicted octanol–water partition coefficient (Wildman–Crippen LogP) is 3.67. The summed E-state index contributed by atoms with van der Waals surface area (Å²) in [5.74, 6) is -0.0124. The Hall–Kier alpha value is -2.97. The molecule has 2 aromatic carbocycles. The number of hydrogen-bond acceptors (Lipinski definition) is 5. The molecule has 2 N–H and O–H groups in total. The van der Waals surface area contributed by atoms with Crippen LogP contribution in [0.2, 0.25) is 0 Å². The number of sulfonamides is 1. The first kappa shape index (κ1) is 19.8. The maximum atomic E-state index is 12.4. The highest BCUT2D eigenvalue weighted by molar-refractivity contribution is 7.89. The second kappa shape index (κ2) is 8.81. The van der Waals surface area contributed by atoms with Gasteiger partial charge in [-0.2, -0.15) is 0 Å². The number of aromatic nitrogens is 1. The Bertz CT molecular complexity index is 1050. The number of anilines is 1. The van der Waals surface area contributed by atoms with Crippen LogP contribution >= 0.6 is 0 Å². The van der Waals surface area contributed by atoms with Crippen molar-refractivity contribution in [3.8, 4) is 11.3 Å². The quantitative estimate of drug-likeness (QED) is 0.563. The van der Waals surface area contributed by atoms with Gasteiger partial charge in [0.1, 0.15) is 0 Å². The molecule has 8 heteroatoms. The number of carbonyl (C=O) groups is 1. The Kier molecular flexibility index (Phi) is 6.23. The maximum absolute atomic E-state index is 12.4. The average Bonchev–Trinajstić information content (AvgIpc) is 3.19. The summed E-state index contributed by atoms with van der Waals surface area (Å²) in [5, 5.41) is 6.44. The standard InChI is InChI=1S/C20H21N3O4S/c1-2-3-12-21-28(25,26)17-11-7-10-16(13-17)22-20(24)18-14-19(27-23-18)15-8-5-4-6-9-15/h4-11,13-14,21H,2-3,12H2,1H3,(H,22,24). The molecule has 0 saturated heterocycles. The molecule has 0 aliphatic heterocycles. The lowest BCUT2D eigenvalue weighted by atomic mass is 10.1. The van der Waals surface area contributed by atoms with Crippen LogP contribution in [0.5, 0.6) is 0 Å². The fourth-order valence-corrected chi connectivity index (χ4v) is 3.64. The van der Waals surface area contributed by atoms with E-state index in [2.05, 4.69) is 15.2 Å². The van der Waals surface area contributed by atoms with E-state index in [1.165, 1.54) is 18.2 Å². The van der Waals surface area contributed by atoms with Gasteiger partial charge in [0, 0.05) is 23.9 Å². The van der Waals surface area contributed by atoms with Crippen molar-refractivity contribution in [1.29, 1.82) is 0 Å². The van der Waals surface area contributed by atoms with Gasteiger partial charge < -0.3 is 9.84 Å². The van der Waals surface area contributed by atoms with Gasteiger partial charge in [-0.25, -0.2) is 13.1 Å². The molecule has 0 atom stereocenters. The zero-order valence-electron chi connectivity index (χ0n) is 15.4. The van der Waals surface area contributed by atoms with Gasteiger partial charge in [0.05, 0.1) is 4.90 Å². The van der Waals surface area contributed by atoms with Gasteiger partial charge in [-0.05, 0) is 24.6 Å². The number of hydrogen-bond donors (Lipinski definition) is 2. The molecule has 7 nitrogen and oxygen atoms in total. The van der Waals surface area contributed by atoms with Crippen molar-refractivity contribution in [3.63, 3.8) is 0 Å². The first-order valence-corrected chi connectivity index (χ1v) is 10.4. The van der Waals surface area contributed by atoms with Gasteiger partial charge in [0.25, 0.3) is 5.91 Å². The predicted molar refractivity (Wildman–Crippen MR) is 106 cm³/mol. The molecular weight excluding hydrogens is 378 g/mol. The van der Waals surface area contributed by atoms with Gasteiger partial charge in [-0.1, -0.05) is 54.9 Å². The molecule has 0 bridgehead atoms. The van der Waals surface area contributed by atoms with Crippen LogP contribution in [0.25, 0.3) is 11.3 Å². The summed E-state index contributed by atoms with van der Waals surface area (Å²) in [5.41, 5.74) is 1.26. The zero-order chi connectivity index (χ0) is 20.0. The monoisotopic (exact) mass is 399 g/mol. The molecule has 0 aliphatic carbocycles. The number of nitrogens with one attached hydrogen (secondary N) is 2. The third kappa shape index (κ3) is 4.85. The fraction of sp³-hybridized carbons (Fsp3) is 0.200. The van der Waals surface area contributed by atoms with E-state index >= 15 is 0 Å². The van der Waals surface area contributed by atoms with E-state index in [0.717, 1.165) is 18.4 Å². The van der Waals surface area contributed by atoms with Crippen LogP contribution in [0.4, 0.5) is 5.69 Å². The van der Waals surface area contributed by atoms with E-state index in [0.29, 0.717) is 18.0 Å². The summed E-state index contributed by atoms with van der Waals surface area (Å²) >= 11 is 0. The molecule has 0 fully saturated rings. The van der Waals surface area contributed by atoms with Crippen LogP contribution in [-0.4, -0.2) is 26.0 Å². The zero-order valence-corrected chi connectivity index (χ0v) is 16.2. The van der Waals surface area contributed by atoms with E-state index in [9.17, 15) is 13.2 Å². The third-order valence-corrected chi connectivity index (χ3v) is 5.48. The molecule has 3 rings (SSSR count). The van der Waals surface area contributed by atoms with Crippen LogP contribution in [-0.2, 0) is 10.0 Å². The molecule has 0 radical (unpaired) electrons. The van der Waals surface area contributed by atoms with Crippen molar-refractivity contribution in [3.05, 3.63) is 66.4 Å². The molecule has 1 aromatic heterocycles. The summed E-state index contributed by atoms with van der Waals surface area (Å²) < 4.78 is 32.4. The van der Waals surface area contributed by atoms with E-state index in [-0.39, 0.29) is 10.6 Å². The second-order valence-corrected chi connectivity index (χ2v) is 7.94. The largest absolute Gasteiger partial charge is 0.355 e. The third-order valence-electron chi connectivity index (χ3n) is 4.03. The summed E-state index contributed by atoms with van der Waals surface area (Å²) in [6, 6.07) is 16.9. The maximum Gasteiger partial charge on any atom is 0.277 e. The molecule has 146 valence electrons.